The van der Waals surface area contributed by atoms with Crippen LogP contribution in [0.25, 0.3) is 0 Å². The summed E-state index contributed by atoms with van der Waals surface area (Å²) in [5, 5.41) is 0. The van der Waals surface area contributed by atoms with Crippen molar-refractivity contribution in [2.24, 2.45) is 11.7 Å². The second kappa shape index (κ2) is 9.21. The minimum absolute atomic E-state index is 0.270. The van der Waals surface area contributed by atoms with E-state index < -0.39 is 0 Å². The smallest absolute Gasteiger partial charge is 0.0948 e. The molecule has 1 unspecified atom stereocenters. The molecule has 1 heterocycles. The molecule has 122 valence electrons. The third kappa shape index (κ3) is 4.82. The van der Waals surface area contributed by atoms with Crippen LogP contribution in [0.1, 0.15) is 65.6 Å². The monoisotopic (exact) mass is 294 g/mol. The van der Waals surface area contributed by atoms with Gasteiger partial charge >= 0.3 is 0 Å². The molecule has 0 fully saturated rings. The quantitative estimate of drug-likeness (QED) is 0.719. The maximum absolute atomic E-state index is 6.17. The van der Waals surface area contributed by atoms with E-state index in [9.17, 15) is 0 Å². The van der Waals surface area contributed by atoms with Crippen molar-refractivity contribution in [3.63, 3.8) is 0 Å². The Bertz CT molecular complexity index is 382. The largest absolute Gasteiger partial charge is 0.333 e. The minimum atomic E-state index is 0.270. The number of hydrogen-bond donors (Lipinski definition) is 1. The molecule has 0 saturated heterocycles. The van der Waals surface area contributed by atoms with Gasteiger partial charge in [-0.05, 0) is 25.2 Å². The summed E-state index contributed by atoms with van der Waals surface area (Å²) in [6.07, 6.45) is 7.41. The van der Waals surface area contributed by atoms with E-state index in [1.807, 2.05) is 12.5 Å². The molecule has 21 heavy (non-hydrogen) atoms. The summed E-state index contributed by atoms with van der Waals surface area (Å²) in [6.45, 7) is 14.1. The fourth-order valence-electron chi connectivity index (χ4n) is 3.17. The highest BCUT2D eigenvalue weighted by Crippen LogP contribution is 2.26. The van der Waals surface area contributed by atoms with Crippen molar-refractivity contribution in [2.75, 3.05) is 13.1 Å². The first-order valence-electron chi connectivity index (χ1n) is 8.54. The van der Waals surface area contributed by atoms with Crippen LogP contribution in [0, 0.1) is 5.92 Å². The molecule has 1 aromatic rings. The Morgan fingerprint density at radius 2 is 1.90 bits per heavy atom. The molecular weight excluding hydrogens is 260 g/mol. The van der Waals surface area contributed by atoms with Crippen LogP contribution in [-0.2, 0) is 6.54 Å². The van der Waals surface area contributed by atoms with Crippen LogP contribution in [0.5, 0.6) is 0 Å². The van der Waals surface area contributed by atoms with Crippen molar-refractivity contribution in [3.8, 4) is 0 Å². The number of rotatable bonds is 10. The fourth-order valence-corrected chi connectivity index (χ4v) is 3.17. The number of aromatic nitrogens is 2. The summed E-state index contributed by atoms with van der Waals surface area (Å²) in [5.41, 5.74) is 7.44. The third-order valence-corrected chi connectivity index (χ3v) is 4.16. The summed E-state index contributed by atoms with van der Waals surface area (Å²) in [5.74, 6) is 0.641. The highest BCUT2D eigenvalue weighted by Gasteiger charge is 2.27. The van der Waals surface area contributed by atoms with Crippen LogP contribution in [0.15, 0.2) is 12.5 Å². The summed E-state index contributed by atoms with van der Waals surface area (Å²) in [6, 6.07) is 0.859. The molecule has 1 rings (SSSR count). The maximum atomic E-state index is 6.17. The zero-order chi connectivity index (χ0) is 15.8. The first-order chi connectivity index (χ1) is 10.1. The predicted molar refractivity (Wildman–Crippen MR) is 90.2 cm³/mol. The van der Waals surface area contributed by atoms with Gasteiger partial charge in [0.1, 0.15) is 0 Å². The van der Waals surface area contributed by atoms with Crippen molar-refractivity contribution in [1.82, 2.24) is 14.5 Å². The third-order valence-electron chi connectivity index (χ3n) is 4.16. The van der Waals surface area contributed by atoms with Crippen LogP contribution >= 0.6 is 0 Å². The average molecular weight is 294 g/mol. The van der Waals surface area contributed by atoms with Gasteiger partial charge in [-0.15, -0.1) is 0 Å². The van der Waals surface area contributed by atoms with Gasteiger partial charge in [0.05, 0.1) is 18.1 Å². The van der Waals surface area contributed by atoms with E-state index in [1.165, 1.54) is 18.5 Å². The molecule has 1 atom stereocenters. The molecule has 0 saturated carbocycles. The molecular formula is C17H34N4. The summed E-state index contributed by atoms with van der Waals surface area (Å²) in [7, 11) is 0. The highest BCUT2D eigenvalue weighted by molar-refractivity contribution is 5.07. The average Bonchev–Trinajstić information content (AvgIpc) is 2.89. The second-order valence-electron chi connectivity index (χ2n) is 6.32. The first-order valence-corrected chi connectivity index (χ1v) is 8.54. The SMILES string of the molecule is CCCn1cncc1C(CN)N(CC(C)C)C(CC)CC. The topological polar surface area (TPSA) is 47.1 Å². The van der Waals surface area contributed by atoms with E-state index >= 15 is 0 Å². The van der Waals surface area contributed by atoms with Crippen LogP contribution in [-0.4, -0.2) is 33.6 Å². The van der Waals surface area contributed by atoms with Crippen LogP contribution in [0.2, 0.25) is 0 Å². The molecule has 1 aromatic heterocycles. The van der Waals surface area contributed by atoms with E-state index in [4.69, 9.17) is 5.73 Å². The number of hydrogen-bond acceptors (Lipinski definition) is 3. The van der Waals surface area contributed by atoms with Gasteiger partial charge in [-0.2, -0.15) is 0 Å². The predicted octanol–water partition coefficient (Wildman–Crippen LogP) is 3.44. The molecule has 4 nitrogen and oxygen atoms in total. The molecule has 4 heteroatoms. The molecule has 0 amide bonds. The van der Waals surface area contributed by atoms with Gasteiger partial charge in [0, 0.05) is 31.9 Å². The first kappa shape index (κ1) is 18.2. The van der Waals surface area contributed by atoms with Gasteiger partial charge in [0.2, 0.25) is 0 Å². The lowest BCUT2D eigenvalue weighted by molar-refractivity contribution is 0.108. The Hall–Kier alpha value is -0.870. The van der Waals surface area contributed by atoms with E-state index in [-0.39, 0.29) is 6.04 Å². The van der Waals surface area contributed by atoms with Gasteiger partial charge in [-0.3, -0.25) is 4.90 Å². The number of imidazole rings is 1. The highest BCUT2D eigenvalue weighted by atomic mass is 15.2. The Morgan fingerprint density at radius 1 is 1.24 bits per heavy atom. The van der Waals surface area contributed by atoms with E-state index in [1.54, 1.807) is 0 Å². The van der Waals surface area contributed by atoms with Crippen LogP contribution in [0.4, 0.5) is 0 Å². The van der Waals surface area contributed by atoms with Gasteiger partial charge in [-0.1, -0.05) is 34.6 Å². The minimum Gasteiger partial charge on any atom is -0.333 e. The lowest BCUT2D eigenvalue weighted by atomic mass is 10.0. The molecule has 0 radical (unpaired) electrons. The van der Waals surface area contributed by atoms with Crippen molar-refractivity contribution in [2.45, 2.75) is 72.5 Å². The lowest BCUT2D eigenvalue weighted by Gasteiger charge is -2.38. The van der Waals surface area contributed by atoms with Crippen LogP contribution < -0.4 is 5.73 Å². The van der Waals surface area contributed by atoms with Gasteiger partial charge in [0.15, 0.2) is 0 Å². The number of nitrogens with two attached hydrogens (primary N) is 1. The number of aryl methyl sites for hydroxylation is 1. The van der Waals surface area contributed by atoms with E-state index in [0.717, 1.165) is 19.5 Å². The Kier molecular flexibility index (Phi) is 7.97. The molecule has 0 aromatic carbocycles. The summed E-state index contributed by atoms with van der Waals surface area (Å²) < 4.78 is 2.27. The van der Waals surface area contributed by atoms with Crippen molar-refractivity contribution in [3.05, 3.63) is 18.2 Å². The molecule has 0 spiro atoms. The Labute approximate surface area is 130 Å². The molecule has 0 aliphatic heterocycles. The van der Waals surface area contributed by atoms with Crippen molar-refractivity contribution < 1.29 is 0 Å². The maximum Gasteiger partial charge on any atom is 0.0948 e. The standard InChI is InChI=1S/C17H34N4/c1-6-9-20-13-19-11-17(20)16(10-18)21(12-14(4)5)15(7-2)8-3/h11,13-16H,6-10,12,18H2,1-5H3. The molecule has 0 aliphatic carbocycles. The van der Waals surface area contributed by atoms with E-state index in [0.29, 0.717) is 18.5 Å². The number of nitrogens with zero attached hydrogens (tertiary/aromatic N) is 3. The zero-order valence-electron chi connectivity index (χ0n) is 14.5. The van der Waals surface area contributed by atoms with Gasteiger partial charge in [-0.25, -0.2) is 4.98 Å². The van der Waals surface area contributed by atoms with Crippen molar-refractivity contribution in [1.29, 1.82) is 0 Å². The van der Waals surface area contributed by atoms with Gasteiger partial charge < -0.3 is 10.3 Å². The van der Waals surface area contributed by atoms with Gasteiger partial charge in [0.25, 0.3) is 0 Å². The Balaban J connectivity index is 3.07. The van der Waals surface area contributed by atoms with Crippen LogP contribution in [0.3, 0.4) is 0 Å². The lowest BCUT2D eigenvalue weighted by Crippen LogP contribution is -2.43. The zero-order valence-corrected chi connectivity index (χ0v) is 14.5. The normalized spacial score (nSPS) is 13.6. The second-order valence-corrected chi connectivity index (χ2v) is 6.32. The molecule has 0 aliphatic rings. The van der Waals surface area contributed by atoms with Crippen molar-refractivity contribution >= 4 is 0 Å². The molecule has 0 bridgehead atoms. The fraction of sp³-hybridized carbons (Fsp3) is 0.824. The Morgan fingerprint density at radius 3 is 2.38 bits per heavy atom. The molecule has 2 N–H and O–H groups in total. The summed E-state index contributed by atoms with van der Waals surface area (Å²) in [4.78, 5) is 6.97. The summed E-state index contributed by atoms with van der Waals surface area (Å²) >= 11 is 0. The van der Waals surface area contributed by atoms with E-state index in [2.05, 4.69) is 49.1 Å².